The van der Waals surface area contributed by atoms with Crippen LogP contribution in [-0.2, 0) is 0 Å². The molecule has 0 radical (unpaired) electrons. The highest BCUT2D eigenvalue weighted by Crippen LogP contribution is 2.15. The van der Waals surface area contributed by atoms with Crippen molar-refractivity contribution >= 4 is 23.3 Å². The van der Waals surface area contributed by atoms with Crippen LogP contribution in [0.25, 0.3) is 5.78 Å². The zero-order valence-electron chi connectivity index (χ0n) is 12.4. The molecular formula is C15H14ClN5O2. The summed E-state index contributed by atoms with van der Waals surface area (Å²) in [5.41, 5.74) is 0.854. The first kappa shape index (κ1) is 15.2. The SMILES string of the molecule is Cc1ccnc2nc(C(=O)NCCOc3ccc(Cl)cc3)nn12. The number of nitrogens with one attached hydrogen (secondary N) is 1. The van der Waals surface area contributed by atoms with Crippen LogP contribution in [0.4, 0.5) is 0 Å². The first-order valence-electron chi connectivity index (χ1n) is 6.98. The predicted molar refractivity (Wildman–Crippen MR) is 84.8 cm³/mol. The topological polar surface area (TPSA) is 81.4 Å². The molecule has 3 rings (SSSR count). The third-order valence-electron chi connectivity index (χ3n) is 3.10. The van der Waals surface area contributed by atoms with Gasteiger partial charge in [0.15, 0.2) is 0 Å². The first-order chi connectivity index (χ1) is 11.1. The van der Waals surface area contributed by atoms with Gasteiger partial charge in [0.05, 0.1) is 6.54 Å². The first-order valence-corrected chi connectivity index (χ1v) is 7.36. The number of aryl methyl sites for hydroxylation is 1. The van der Waals surface area contributed by atoms with Crippen molar-refractivity contribution in [2.24, 2.45) is 0 Å². The molecule has 0 saturated heterocycles. The Hall–Kier alpha value is -2.67. The molecule has 0 aliphatic carbocycles. The second-order valence-electron chi connectivity index (χ2n) is 4.79. The predicted octanol–water partition coefficient (Wildman–Crippen LogP) is 1.89. The van der Waals surface area contributed by atoms with Gasteiger partial charge in [-0.15, -0.1) is 5.10 Å². The third kappa shape index (κ3) is 3.57. The van der Waals surface area contributed by atoms with E-state index in [2.05, 4.69) is 20.4 Å². The summed E-state index contributed by atoms with van der Waals surface area (Å²) in [6.45, 7) is 2.53. The second-order valence-corrected chi connectivity index (χ2v) is 5.23. The standard InChI is InChI=1S/C15H14ClN5O2/c1-10-6-7-18-15-19-13(20-21(10)15)14(22)17-8-9-23-12-4-2-11(16)3-5-12/h2-7H,8-9H2,1H3,(H,17,22). The molecule has 2 aromatic heterocycles. The quantitative estimate of drug-likeness (QED) is 0.722. The monoisotopic (exact) mass is 331 g/mol. The molecule has 0 aliphatic heterocycles. The van der Waals surface area contributed by atoms with Crippen LogP contribution in [0.1, 0.15) is 16.3 Å². The van der Waals surface area contributed by atoms with Crippen molar-refractivity contribution in [1.82, 2.24) is 24.9 Å². The normalized spacial score (nSPS) is 10.7. The van der Waals surface area contributed by atoms with Crippen molar-refractivity contribution in [3.8, 4) is 5.75 Å². The molecule has 2 heterocycles. The summed E-state index contributed by atoms with van der Waals surface area (Å²) in [7, 11) is 0. The molecule has 1 N–H and O–H groups in total. The second kappa shape index (κ2) is 6.62. The maximum atomic E-state index is 12.0. The van der Waals surface area contributed by atoms with Crippen LogP contribution in [0, 0.1) is 6.92 Å². The summed E-state index contributed by atoms with van der Waals surface area (Å²) in [4.78, 5) is 20.2. The molecule has 0 saturated carbocycles. The Morgan fingerprint density at radius 1 is 1.30 bits per heavy atom. The molecule has 7 nitrogen and oxygen atoms in total. The van der Waals surface area contributed by atoms with Gasteiger partial charge in [0.2, 0.25) is 5.82 Å². The summed E-state index contributed by atoms with van der Waals surface area (Å²) in [6, 6.07) is 8.81. The Morgan fingerprint density at radius 3 is 2.83 bits per heavy atom. The summed E-state index contributed by atoms with van der Waals surface area (Å²) in [6.07, 6.45) is 1.63. The van der Waals surface area contributed by atoms with Gasteiger partial charge in [-0.3, -0.25) is 4.79 Å². The van der Waals surface area contributed by atoms with Crippen molar-refractivity contribution < 1.29 is 9.53 Å². The molecule has 0 fully saturated rings. The van der Waals surface area contributed by atoms with E-state index >= 15 is 0 Å². The van der Waals surface area contributed by atoms with Crippen LogP contribution >= 0.6 is 11.6 Å². The zero-order valence-corrected chi connectivity index (χ0v) is 13.1. The number of carbonyl (C=O) groups excluding carboxylic acids is 1. The molecule has 0 bridgehead atoms. The van der Waals surface area contributed by atoms with E-state index in [1.165, 1.54) is 4.52 Å². The Balaban J connectivity index is 1.54. The number of nitrogens with zero attached hydrogens (tertiary/aromatic N) is 4. The lowest BCUT2D eigenvalue weighted by molar-refractivity contribution is 0.0937. The van der Waals surface area contributed by atoms with Crippen LogP contribution < -0.4 is 10.1 Å². The molecule has 118 valence electrons. The maximum Gasteiger partial charge on any atom is 0.291 e. The molecule has 8 heteroatoms. The van der Waals surface area contributed by atoms with Gasteiger partial charge in [0.25, 0.3) is 11.7 Å². The Kier molecular flexibility index (Phi) is 4.38. The summed E-state index contributed by atoms with van der Waals surface area (Å²) in [5, 5.41) is 7.49. The summed E-state index contributed by atoms with van der Waals surface area (Å²) in [5.74, 6) is 0.801. The lowest BCUT2D eigenvalue weighted by atomic mass is 10.3. The van der Waals surface area contributed by atoms with Gasteiger partial charge in [-0.1, -0.05) is 11.6 Å². The van der Waals surface area contributed by atoms with Crippen LogP contribution in [0.15, 0.2) is 36.5 Å². The van der Waals surface area contributed by atoms with Crippen molar-refractivity contribution in [2.75, 3.05) is 13.2 Å². The molecule has 0 unspecified atom stereocenters. The molecule has 0 atom stereocenters. The lowest BCUT2D eigenvalue weighted by Crippen LogP contribution is -2.29. The van der Waals surface area contributed by atoms with Gasteiger partial charge in [0, 0.05) is 16.9 Å². The van der Waals surface area contributed by atoms with Crippen molar-refractivity contribution in [1.29, 1.82) is 0 Å². The lowest BCUT2D eigenvalue weighted by Gasteiger charge is -2.06. The highest BCUT2D eigenvalue weighted by Gasteiger charge is 2.13. The number of aromatic nitrogens is 4. The Bertz CT molecular complexity index is 832. The molecule has 1 aromatic carbocycles. The van der Waals surface area contributed by atoms with E-state index in [9.17, 15) is 4.79 Å². The van der Waals surface area contributed by atoms with E-state index in [-0.39, 0.29) is 11.7 Å². The minimum absolute atomic E-state index is 0.0818. The largest absolute Gasteiger partial charge is 0.492 e. The average molecular weight is 332 g/mol. The maximum absolute atomic E-state index is 12.0. The molecule has 3 aromatic rings. The number of hydrogen-bond donors (Lipinski definition) is 1. The number of carbonyl (C=O) groups is 1. The smallest absolute Gasteiger partial charge is 0.291 e. The van der Waals surface area contributed by atoms with Gasteiger partial charge < -0.3 is 10.1 Å². The van der Waals surface area contributed by atoms with E-state index in [1.54, 1.807) is 36.5 Å². The van der Waals surface area contributed by atoms with E-state index < -0.39 is 0 Å². The van der Waals surface area contributed by atoms with Crippen molar-refractivity contribution in [2.45, 2.75) is 6.92 Å². The number of benzene rings is 1. The van der Waals surface area contributed by atoms with Crippen LogP contribution in [0.5, 0.6) is 5.75 Å². The fraction of sp³-hybridized carbons (Fsp3) is 0.200. The fourth-order valence-electron chi connectivity index (χ4n) is 1.95. The average Bonchev–Trinajstić information content (AvgIpc) is 2.99. The Morgan fingerprint density at radius 2 is 2.09 bits per heavy atom. The van der Waals surface area contributed by atoms with Gasteiger partial charge in [0.1, 0.15) is 12.4 Å². The number of amides is 1. The van der Waals surface area contributed by atoms with Gasteiger partial charge in [-0.2, -0.15) is 4.98 Å². The fourth-order valence-corrected chi connectivity index (χ4v) is 2.07. The van der Waals surface area contributed by atoms with Crippen LogP contribution in [-0.4, -0.2) is 38.6 Å². The van der Waals surface area contributed by atoms with Crippen molar-refractivity contribution in [3.63, 3.8) is 0 Å². The summed E-state index contributed by atoms with van der Waals surface area (Å²) < 4.78 is 7.02. The molecule has 1 amide bonds. The highest BCUT2D eigenvalue weighted by molar-refractivity contribution is 6.30. The molecule has 0 spiro atoms. The third-order valence-corrected chi connectivity index (χ3v) is 3.35. The van der Waals surface area contributed by atoms with E-state index in [0.717, 1.165) is 5.69 Å². The van der Waals surface area contributed by atoms with E-state index in [4.69, 9.17) is 16.3 Å². The molecular weight excluding hydrogens is 318 g/mol. The van der Waals surface area contributed by atoms with Crippen LogP contribution in [0.2, 0.25) is 5.02 Å². The highest BCUT2D eigenvalue weighted by atomic mass is 35.5. The minimum atomic E-state index is -0.366. The van der Waals surface area contributed by atoms with Crippen LogP contribution in [0.3, 0.4) is 0 Å². The van der Waals surface area contributed by atoms with Gasteiger partial charge in [-0.25, -0.2) is 9.50 Å². The van der Waals surface area contributed by atoms with Gasteiger partial charge in [-0.05, 0) is 37.3 Å². The number of hydrogen-bond acceptors (Lipinski definition) is 5. The molecule has 0 aliphatic rings. The number of fused-ring (bicyclic) bond motifs is 1. The molecule has 23 heavy (non-hydrogen) atoms. The number of rotatable bonds is 5. The van der Waals surface area contributed by atoms with E-state index in [0.29, 0.717) is 29.7 Å². The minimum Gasteiger partial charge on any atom is -0.492 e. The Labute approximate surface area is 137 Å². The number of ether oxygens (including phenoxy) is 1. The van der Waals surface area contributed by atoms with Gasteiger partial charge >= 0.3 is 0 Å². The summed E-state index contributed by atoms with van der Waals surface area (Å²) >= 11 is 5.79. The van der Waals surface area contributed by atoms with Crippen molar-refractivity contribution in [3.05, 3.63) is 53.1 Å². The number of halogens is 1. The van der Waals surface area contributed by atoms with E-state index in [1.807, 2.05) is 6.92 Å². The zero-order chi connectivity index (χ0) is 16.2.